The minimum Gasteiger partial charge on any atom is -0.493 e. The zero-order valence-electron chi connectivity index (χ0n) is 9.62. The summed E-state index contributed by atoms with van der Waals surface area (Å²) in [6, 6.07) is 6.85. The van der Waals surface area contributed by atoms with E-state index in [1.54, 1.807) is 18.2 Å². The summed E-state index contributed by atoms with van der Waals surface area (Å²) in [5.74, 6) is 1.41. The quantitative estimate of drug-likeness (QED) is 0.880. The molecule has 0 atom stereocenters. The molecule has 0 aliphatic rings. The van der Waals surface area contributed by atoms with Crippen molar-refractivity contribution in [3.8, 4) is 23.4 Å². The van der Waals surface area contributed by atoms with Crippen LogP contribution in [0.3, 0.4) is 0 Å². The molecule has 0 spiro atoms. The van der Waals surface area contributed by atoms with E-state index >= 15 is 0 Å². The van der Waals surface area contributed by atoms with Crippen molar-refractivity contribution in [3.05, 3.63) is 36.2 Å². The van der Waals surface area contributed by atoms with Crippen LogP contribution in [-0.4, -0.2) is 17.1 Å². The molecule has 1 aromatic heterocycles. The molecule has 0 aliphatic carbocycles. The summed E-state index contributed by atoms with van der Waals surface area (Å²) in [4.78, 5) is 7.82. The first-order valence-electron chi connectivity index (χ1n) is 5.06. The van der Waals surface area contributed by atoms with E-state index in [1.807, 2.05) is 6.07 Å². The van der Waals surface area contributed by atoms with Crippen LogP contribution in [0.1, 0.15) is 5.56 Å². The highest BCUT2D eigenvalue weighted by Crippen LogP contribution is 2.31. The molecule has 6 nitrogen and oxygen atoms in total. The standard InChI is InChI=1S/C12H10N4O2/c1-17-10-4-8(5-13)2-3-9(10)18-12-7-15-6-11(14)16-12/h2-4,6-7H,1H3,(H2,14,16). The van der Waals surface area contributed by atoms with Crippen molar-refractivity contribution in [1.82, 2.24) is 9.97 Å². The maximum Gasteiger partial charge on any atom is 0.239 e. The van der Waals surface area contributed by atoms with E-state index in [4.69, 9.17) is 20.5 Å². The smallest absolute Gasteiger partial charge is 0.239 e. The van der Waals surface area contributed by atoms with E-state index in [2.05, 4.69) is 9.97 Å². The lowest BCUT2D eigenvalue weighted by molar-refractivity contribution is 0.373. The molecule has 0 aliphatic heterocycles. The van der Waals surface area contributed by atoms with Crippen molar-refractivity contribution in [2.24, 2.45) is 0 Å². The van der Waals surface area contributed by atoms with Gasteiger partial charge in [0.25, 0.3) is 0 Å². The third-order valence-corrected chi connectivity index (χ3v) is 2.14. The summed E-state index contributed by atoms with van der Waals surface area (Å²) in [6.45, 7) is 0. The van der Waals surface area contributed by atoms with Crippen molar-refractivity contribution < 1.29 is 9.47 Å². The third-order valence-electron chi connectivity index (χ3n) is 2.14. The molecule has 18 heavy (non-hydrogen) atoms. The molecule has 0 fully saturated rings. The lowest BCUT2D eigenvalue weighted by Gasteiger charge is -2.09. The molecular formula is C12H10N4O2. The fraction of sp³-hybridized carbons (Fsp3) is 0.0833. The molecule has 0 unspecified atom stereocenters. The second-order valence-electron chi connectivity index (χ2n) is 3.36. The maximum absolute atomic E-state index is 8.79. The molecular weight excluding hydrogens is 232 g/mol. The number of methoxy groups -OCH3 is 1. The Kier molecular flexibility index (Phi) is 3.25. The fourth-order valence-electron chi connectivity index (χ4n) is 1.35. The van der Waals surface area contributed by atoms with Gasteiger partial charge in [0.1, 0.15) is 5.82 Å². The minimum absolute atomic E-state index is 0.262. The molecule has 0 saturated heterocycles. The van der Waals surface area contributed by atoms with E-state index in [-0.39, 0.29) is 11.7 Å². The van der Waals surface area contributed by atoms with Crippen LogP contribution in [0, 0.1) is 11.3 Å². The van der Waals surface area contributed by atoms with Gasteiger partial charge in [-0.2, -0.15) is 10.2 Å². The van der Waals surface area contributed by atoms with Crippen LogP contribution < -0.4 is 15.2 Å². The zero-order chi connectivity index (χ0) is 13.0. The monoisotopic (exact) mass is 242 g/mol. The van der Waals surface area contributed by atoms with Crippen molar-refractivity contribution in [2.45, 2.75) is 0 Å². The highest BCUT2D eigenvalue weighted by molar-refractivity contribution is 5.48. The van der Waals surface area contributed by atoms with Crippen molar-refractivity contribution >= 4 is 5.82 Å². The number of ether oxygens (including phenoxy) is 2. The molecule has 2 N–H and O–H groups in total. The van der Waals surface area contributed by atoms with E-state index in [0.717, 1.165) is 0 Å². The predicted octanol–water partition coefficient (Wildman–Crippen LogP) is 1.73. The Labute approximate surface area is 104 Å². The van der Waals surface area contributed by atoms with Crippen LogP contribution >= 0.6 is 0 Å². The molecule has 0 bridgehead atoms. The maximum atomic E-state index is 8.79. The van der Waals surface area contributed by atoms with E-state index in [9.17, 15) is 0 Å². The van der Waals surface area contributed by atoms with Gasteiger partial charge in [-0.25, -0.2) is 0 Å². The molecule has 2 aromatic rings. The summed E-state index contributed by atoms with van der Waals surface area (Å²) in [5, 5.41) is 8.79. The first kappa shape index (κ1) is 11.7. The number of benzene rings is 1. The predicted molar refractivity (Wildman–Crippen MR) is 64.2 cm³/mol. The highest BCUT2D eigenvalue weighted by Gasteiger charge is 2.08. The number of hydrogen-bond donors (Lipinski definition) is 1. The molecule has 0 saturated carbocycles. The third kappa shape index (κ3) is 2.47. The summed E-state index contributed by atoms with van der Waals surface area (Å²) in [7, 11) is 1.49. The van der Waals surface area contributed by atoms with Crippen LogP contribution in [0.5, 0.6) is 17.4 Å². The Morgan fingerprint density at radius 2 is 2.11 bits per heavy atom. The zero-order valence-corrected chi connectivity index (χ0v) is 9.62. The number of rotatable bonds is 3. The van der Waals surface area contributed by atoms with Gasteiger partial charge in [-0.1, -0.05) is 0 Å². The van der Waals surface area contributed by atoms with Crippen LogP contribution in [0.15, 0.2) is 30.6 Å². The van der Waals surface area contributed by atoms with Gasteiger partial charge in [-0.3, -0.25) is 4.98 Å². The fourth-order valence-corrected chi connectivity index (χ4v) is 1.35. The normalized spacial score (nSPS) is 9.56. The van der Waals surface area contributed by atoms with Crippen LogP contribution in [0.2, 0.25) is 0 Å². The first-order chi connectivity index (χ1) is 8.72. The molecule has 0 amide bonds. The Balaban J connectivity index is 2.32. The Bertz CT molecular complexity index is 607. The summed E-state index contributed by atoms with van der Waals surface area (Å²) in [6.07, 6.45) is 2.86. The topological polar surface area (TPSA) is 94.0 Å². The van der Waals surface area contributed by atoms with Crippen molar-refractivity contribution in [1.29, 1.82) is 5.26 Å². The number of anilines is 1. The van der Waals surface area contributed by atoms with Gasteiger partial charge in [0.2, 0.25) is 5.88 Å². The van der Waals surface area contributed by atoms with Gasteiger partial charge in [0.15, 0.2) is 11.5 Å². The largest absolute Gasteiger partial charge is 0.493 e. The number of nitrogen functional groups attached to an aromatic ring is 1. The van der Waals surface area contributed by atoms with Gasteiger partial charge < -0.3 is 15.2 Å². The van der Waals surface area contributed by atoms with Gasteiger partial charge >= 0.3 is 0 Å². The molecule has 90 valence electrons. The number of nitrogens with zero attached hydrogens (tertiary/aromatic N) is 3. The molecule has 1 heterocycles. The van der Waals surface area contributed by atoms with E-state index in [0.29, 0.717) is 17.1 Å². The van der Waals surface area contributed by atoms with Gasteiger partial charge in [0.05, 0.1) is 31.1 Å². The first-order valence-corrected chi connectivity index (χ1v) is 5.06. The molecule has 1 aromatic carbocycles. The number of aromatic nitrogens is 2. The highest BCUT2D eigenvalue weighted by atomic mass is 16.5. The van der Waals surface area contributed by atoms with Crippen LogP contribution in [-0.2, 0) is 0 Å². The van der Waals surface area contributed by atoms with Crippen LogP contribution in [0.25, 0.3) is 0 Å². The molecule has 6 heteroatoms. The van der Waals surface area contributed by atoms with Gasteiger partial charge in [-0.15, -0.1) is 0 Å². The Hall–Kier alpha value is -2.81. The second kappa shape index (κ2) is 5.01. The van der Waals surface area contributed by atoms with Crippen LogP contribution in [0.4, 0.5) is 5.82 Å². The Morgan fingerprint density at radius 3 is 2.78 bits per heavy atom. The SMILES string of the molecule is COc1cc(C#N)ccc1Oc1cncc(N)n1. The molecule has 2 rings (SSSR count). The van der Waals surface area contributed by atoms with Gasteiger partial charge in [0, 0.05) is 6.07 Å². The van der Waals surface area contributed by atoms with Gasteiger partial charge in [-0.05, 0) is 12.1 Å². The average molecular weight is 242 g/mol. The Morgan fingerprint density at radius 1 is 1.28 bits per heavy atom. The lowest BCUT2D eigenvalue weighted by Crippen LogP contribution is -1.96. The van der Waals surface area contributed by atoms with E-state index in [1.165, 1.54) is 19.5 Å². The lowest BCUT2D eigenvalue weighted by atomic mass is 10.2. The summed E-state index contributed by atoms with van der Waals surface area (Å²) >= 11 is 0. The number of nitriles is 1. The minimum atomic E-state index is 0.262. The second-order valence-corrected chi connectivity index (χ2v) is 3.36. The summed E-state index contributed by atoms with van der Waals surface area (Å²) in [5.41, 5.74) is 5.98. The average Bonchev–Trinajstić information content (AvgIpc) is 2.39. The number of nitrogens with two attached hydrogens (primary N) is 1. The number of hydrogen-bond acceptors (Lipinski definition) is 6. The van der Waals surface area contributed by atoms with E-state index < -0.39 is 0 Å². The van der Waals surface area contributed by atoms with Crippen molar-refractivity contribution in [3.63, 3.8) is 0 Å². The molecule has 0 radical (unpaired) electrons. The van der Waals surface area contributed by atoms with Crippen molar-refractivity contribution in [2.75, 3.05) is 12.8 Å². The summed E-state index contributed by atoms with van der Waals surface area (Å²) < 4.78 is 10.6.